The van der Waals surface area contributed by atoms with Crippen molar-refractivity contribution in [1.82, 2.24) is 9.78 Å². The van der Waals surface area contributed by atoms with E-state index in [1.165, 1.54) is 17.0 Å². The Morgan fingerprint density at radius 2 is 1.75 bits per heavy atom. The summed E-state index contributed by atoms with van der Waals surface area (Å²) in [6.07, 6.45) is 1.87. The lowest BCUT2D eigenvalue weighted by Crippen LogP contribution is -2.07. The normalized spacial score (nSPS) is 11.3. The molecule has 0 saturated carbocycles. The highest BCUT2D eigenvalue weighted by molar-refractivity contribution is 5.47. The first-order valence-corrected chi connectivity index (χ1v) is 7.30. The van der Waals surface area contributed by atoms with Crippen LogP contribution in [0.15, 0.2) is 36.9 Å². The average Bonchev–Trinajstić information content (AvgIpc) is 2.84. The van der Waals surface area contributed by atoms with Gasteiger partial charge < -0.3 is 0 Å². The maximum Gasteiger partial charge on any atom is 0.0662 e. The van der Waals surface area contributed by atoms with Gasteiger partial charge in [0.15, 0.2) is 0 Å². The SMILES string of the molecule is C=Cc1ccc(Cn2nc(C(C)C)cc2C(C)C)cc1. The highest BCUT2D eigenvalue weighted by atomic mass is 15.3. The quantitative estimate of drug-likeness (QED) is 0.760. The topological polar surface area (TPSA) is 17.8 Å². The maximum atomic E-state index is 4.77. The summed E-state index contributed by atoms with van der Waals surface area (Å²) in [7, 11) is 0. The molecule has 0 fully saturated rings. The van der Waals surface area contributed by atoms with E-state index in [0.29, 0.717) is 11.8 Å². The molecule has 0 atom stereocenters. The summed E-state index contributed by atoms with van der Waals surface area (Å²) in [5, 5.41) is 4.77. The van der Waals surface area contributed by atoms with Crippen molar-refractivity contribution in [1.29, 1.82) is 0 Å². The van der Waals surface area contributed by atoms with E-state index in [0.717, 1.165) is 12.1 Å². The molecular weight excluding hydrogens is 244 g/mol. The molecule has 0 aliphatic rings. The number of benzene rings is 1. The molecule has 0 unspecified atom stereocenters. The molecule has 106 valence electrons. The van der Waals surface area contributed by atoms with Crippen LogP contribution in [0.1, 0.15) is 62.0 Å². The predicted molar refractivity (Wildman–Crippen MR) is 86.0 cm³/mol. The van der Waals surface area contributed by atoms with Gasteiger partial charge in [-0.15, -0.1) is 0 Å². The molecule has 1 aromatic heterocycles. The van der Waals surface area contributed by atoms with Gasteiger partial charge in [0, 0.05) is 5.69 Å². The van der Waals surface area contributed by atoms with Crippen molar-refractivity contribution in [3.8, 4) is 0 Å². The zero-order valence-corrected chi connectivity index (χ0v) is 12.9. The first-order valence-electron chi connectivity index (χ1n) is 7.30. The van der Waals surface area contributed by atoms with Gasteiger partial charge in [-0.3, -0.25) is 4.68 Å². The molecule has 20 heavy (non-hydrogen) atoms. The second kappa shape index (κ2) is 6.08. The fourth-order valence-electron chi connectivity index (χ4n) is 2.26. The van der Waals surface area contributed by atoms with Crippen molar-refractivity contribution in [2.75, 3.05) is 0 Å². The van der Waals surface area contributed by atoms with Gasteiger partial charge in [0.05, 0.1) is 12.2 Å². The minimum absolute atomic E-state index is 0.469. The summed E-state index contributed by atoms with van der Waals surface area (Å²) in [5.41, 5.74) is 4.91. The molecule has 0 spiro atoms. The first kappa shape index (κ1) is 14.6. The summed E-state index contributed by atoms with van der Waals surface area (Å²) in [5.74, 6) is 0.958. The van der Waals surface area contributed by atoms with E-state index in [9.17, 15) is 0 Å². The van der Waals surface area contributed by atoms with Crippen molar-refractivity contribution in [3.63, 3.8) is 0 Å². The van der Waals surface area contributed by atoms with Gasteiger partial charge in [-0.05, 0) is 29.0 Å². The van der Waals surface area contributed by atoms with Crippen molar-refractivity contribution in [2.24, 2.45) is 0 Å². The van der Waals surface area contributed by atoms with Crippen LogP contribution in [0.5, 0.6) is 0 Å². The number of nitrogens with zero attached hydrogens (tertiary/aromatic N) is 2. The molecule has 0 N–H and O–H groups in total. The Morgan fingerprint density at radius 3 is 2.25 bits per heavy atom. The van der Waals surface area contributed by atoms with Gasteiger partial charge in [-0.1, -0.05) is 64.6 Å². The van der Waals surface area contributed by atoms with Crippen LogP contribution in [-0.2, 0) is 6.54 Å². The number of rotatable bonds is 5. The van der Waals surface area contributed by atoms with Gasteiger partial charge in [0.2, 0.25) is 0 Å². The van der Waals surface area contributed by atoms with Gasteiger partial charge in [-0.2, -0.15) is 5.10 Å². The Balaban J connectivity index is 2.28. The Labute approximate surface area is 122 Å². The number of hydrogen-bond donors (Lipinski definition) is 0. The van der Waals surface area contributed by atoms with E-state index >= 15 is 0 Å². The Kier molecular flexibility index (Phi) is 4.43. The van der Waals surface area contributed by atoms with Crippen molar-refractivity contribution in [3.05, 3.63) is 59.4 Å². The molecule has 2 heteroatoms. The van der Waals surface area contributed by atoms with Crippen LogP contribution in [0.2, 0.25) is 0 Å². The fraction of sp³-hybridized carbons (Fsp3) is 0.389. The summed E-state index contributed by atoms with van der Waals surface area (Å²) < 4.78 is 2.14. The second-order valence-corrected chi connectivity index (χ2v) is 5.91. The Bertz CT molecular complexity index is 574. The first-order chi connectivity index (χ1) is 9.51. The minimum atomic E-state index is 0.469. The standard InChI is InChI=1S/C18H24N2/c1-6-15-7-9-16(10-8-15)12-20-18(14(4)5)11-17(19-20)13(2)3/h6-11,13-14H,1,12H2,2-5H3. The van der Waals surface area contributed by atoms with E-state index in [1.807, 2.05) is 6.08 Å². The van der Waals surface area contributed by atoms with Crippen LogP contribution < -0.4 is 0 Å². The summed E-state index contributed by atoms with van der Waals surface area (Å²) in [6.45, 7) is 13.4. The molecule has 0 bridgehead atoms. The summed E-state index contributed by atoms with van der Waals surface area (Å²) >= 11 is 0. The van der Waals surface area contributed by atoms with Crippen LogP contribution in [0.4, 0.5) is 0 Å². The van der Waals surface area contributed by atoms with Gasteiger partial charge in [-0.25, -0.2) is 0 Å². The van der Waals surface area contributed by atoms with Crippen LogP contribution in [-0.4, -0.2) is 9.78 Å². The smallest absolute Gasteiger partial charge is 0.0662 e. The lowest BCUT2D eigenvalue weighted by Gasteiger charge is -2.10. The lowest BCUT2D eigenvalue weighted by atomic mass is 10.1. The zero-order valence-electron chi connectivity index (χ0n) is 12.9. The summed E-state index contributed by atoms with van der Waals surface area (Å²) in [6, 6.07) is 10.7. The molecule has 0 aliphatic carbocycles. The fourth-order valence-corrected chi connectivity index (χ4v) is 2.26. The van der Waals surface area contributed by atoms with Crippen molar-refractivity contribution in [2.45, 2.75) is 46.1 Å². The lowest BCUT2D eigenvalue weighted by molar-refractivity contribution is 0.605. The second-order valence-electron chi connectivity index (χ2n) is 5.91. The largest absolute Gasteiger partial charge is 0.265 e. The van der Waals surface area contributed by atoms with E-state index in [1.54, 1.807) is 0 Å². The van der Waals surface area contributed by atoms with Crippen LogP contribution in [0, 0.1) is 0 Å². The van der Waals surface area contributed by atoms with E-state index in [-0.39, 0.29) is 0 Å². The maximum absolute atomic E-state index is 4.77. The third-order valence-electron chi connectivity index (χ3n) is 3.56. The molecule has 0 saturated heterocycles. The van der Waals surface area contributed by atoms with E-state index in [4.69, 9.17) is 5.10 Å². The Hall–Kier alpha value is -1.83. The third kappa shape index (κ3) is 3.19. The molecule has 0 radical (unpaired) electrons. The van der Waals surface area contributed by atoms with E-state index < -0.39 is 0 Å². The van der Waals surface area contributed by atoms with Crippen molar-refractivity contribution >= 4 is 6.08 Å². The number of hydrogen-bond acceptors (Lipinski definition) is 1. The van der Waals surface area contributed by atoms with Gasteiger partial charge >= 0.3 is 0 Å². The van der Waals surface area contributed by atoms with Crippen LogP contribution in [0.25, 0.3) is 6.08 Å². The molecule has 2 rings (SSSR count). The Morgan fingerprint density at radius 1 is 1.10 bits per heavy atom. The van der Waals surface area contributed by atoms with Gasteiger partial charge in [0.25, 0.3) is 0 Å². The highest BCUT2D eigenvalue weighted by Gasteiger charge is 2.13. The minimum Gasteiger partial charge on any atom is -0.265 e. The van der Waals surface area contributed by atoms with Crippen LogP contribution >= 0.6 is 0 Å². The van der Waals surface area contributed by atoms with Gasteiger partial charge in [0.1, 0.15) is 0 Å². The molecule has 0 aliphatic heterocycles. The molecule has 0 amide bonds. The molecule has 1 aromatic carbocycles. The summed E-state index contributed by atoms with van der Waals surface area (Å²) in [4.78, 5) is 0. The predicted octanol–water partition coefficient (Wildman–Crippen LogP) is 4.82. The van der Waals surface area contributed by atoms with Crippen molar-refractivity contribution < 1.29 is 0 Å². The number of aromatic nitrogens is 2. The third-order valence-corrected chi connectivity index (χ3v) is 3.56. The van der Waals surface area contributed by atoms with Crippen LogP contribution in [0.3, 0.4) is 0 Å². The molecular formula is C18H24N2. The molecule has 2 aromatic rings. The van der Waals surface area contributed by atoms with E-state index in [2.05, 4.69) is 69.3 Å². The zero-order chi connectivity index (χ0) is 14.7. The average molecular weight is 268 g/mol. The highest BCUT2D eigenvalue weighted by Crippen LogP contribution is 2.21. The monoisotopic (exact) mass is 268 g/mol. The molecule has 1 heterocycles. The molecule has 2 nitrogen and oxygen atoms in total.